The summed E-state index contributed by atoms with van der Waals surface area (Å²) in [6, 6.07) is 25.2. The van der Waals surface area contributed by atoms with Gasteiger partial charge in [0.25, 0.3) is 0 Å². The lowest BCUT2D eigenvalue weighted by Gasteiger charge is -2.32. The number of nitrogens with zero attached hydrogens (tertiary/aromatic N) is 1. The van der Waals surface area contributed by atoms with Crippen LogP contribution < -0.4 is 10.1 Å². The van der Waals surface area contributed by atoms with Gasteiger partial charge < -0.3 is 15.0 Å². The number of aryl methyl sites for hydroxylation is 1. The van der Waals surface area contributed by atoms with E-state index in [1.165, 1.54) is 0 Å². The third-order valence-corrected chi connectivity index (χ3v) is 6.95. The SMILES string of the molecule is COc1ccc(CSCC(=O)N(Cc2ccccc2C)C(Cc2ccccc2)C(=O)NC(C)C)cc1. The van der Waals surface area contributed by atoms with Crippen LogP contribution in [0.3, 0.4) is 0 Å². The Hall–Kier alpha value is -3.25. The first-order valence-corrected chi connectivity index (χ1v) is 13.4. The molecule has 3 aromatic rings. The first-order chi connectivity index (χ1) is 17.4. The molecule has 36 heavy (non-hydrogen) atoms. The minimum absolute atomic E-state index is 0.0179. The second-order valence-corrected chi connectivity index (χ2v) is 10.1. The topological polar surface area (TPSA) is 58.6 Å². The van der Waals surface area contributed by atoms with Gasteiger partial charge in [0.15, 0.2) is 0 Å². The van der Waals surface area contributed by atoms with E-state index in [2.05, 4.69) is 5.32 Å². The fourth-order valence-corrected chi connectivity index (χ4v) is 4.84. The van der Waals surface area contributed by atoms with Crippen LogP contribution in [0.1, 0.15) is 36.1 Å². The molecule has 6 heteroatoms. The zero-order valence-electron chi connectivity index (χ0n) is 21.6. The van der Waals surface area contributed by atoms with Crippen LogP contribution in [-0.2, 0) is 28.3 Å². The molecule has 3 aromatic carbocycles. The normalized spacial score (nSPS) is 11.7. The number of thioether (sulfide) groups is 1. The van der Waals surface area contributed by atoms with E-state index < -0.39 is 6.04 Å². The van der Waals surface area contributed by atoms with Gasteiger partial charge in [0.2, 0.25) is 11.8 Å². The van der Waals surface area contributed by atoms with Crippen LogP contribution in [0.4, 0.5) is 0 Å². The number of ether oxygens (including phenoxy) is 1. The molecular formula is C30H36N2O3S. The number of hydrogen-bond donors (Lipinski definition) is 1. The highest BCUT2D eigenvalue weighted by atomic mass is 32.2. The first-order valence-electron chi connectivity index (χ1n) is 12.3. The Balaban J connectivity index is 1.83. The van der Waals surface area contributed by atoms with Crippen LogP contribution in [0.5, 0.6) is 5.75 Å². The van der Waals surface area contributed by atoms with Crippen LogP contribution in [0.15, 0.2) is 78.9 Å². The van der Waals surface area contributed by atoms with Crippen molar-refractivity contribution in [2.45, 2.75) is 51.6 Å². The van der Waals surface area contributed by atoms with E-state index in [0.717, 1.165) is 28.0 Å². The zero-order valence-corrected chi connectivity index (χ0v) is 22.4. The Labute approximate surface area is 219 Å². The molecule has 0 aliphatic heterocycles. The molecule has 0 aromatic heterocycles. The van der Waals surface area contributed by atoms with E-state index in [4.69, 9.17) is 4.74 Å². The van der Waals surface area contributed by atoms with Gasteiger partial charge in [0.05, 0.1) is 12.9 Å². The van der Waals surface area contributed by atoms with Crippen LogP contribution in [0.25, 0.3) is 0 Å². The highest BCUT2D eigenvalue weighted by Gasteiger charge is 2.30. The molecule has 2 amide bonds. The van der Waals surface area contributed by atoms with E-state index in [0.29, 0.717) is 18.7 Å². The van der Waals surface area contributed by atoms with Crippen molar-refractivity contribution in [1.29, 1.82) is 0 Å². The number of carbonyl (C=O) groups is 2. The van der Waals surface area contributed by atoms with Crippen molar-refractivity contribution in [1.82, 2.24) is 10.2 Å². The highest BCUT2D eigenvalue weighted by molar-refractivity contribution is 7.99. The van der Waals surface area contributed by atoms with Gasteiger partial charge in [0.1, 0.15) is 11.8 Å². The van der Waals surface area contributed by atoms with Gasteiger partial charge in [-0.05, 0) is 55.2 Å². The molecule has 0 saturated carbocycles. The summed E-state index contributed by atoms with van der Waals surface area (Å²) >= 11 is 1.56. The molecule has 0 saturated heterocycles. The van der Waals surface area contributed by atoms with Crippen molar-refractivity contribution in [2.24, 2.45) is 0 Å². The molecule has 1 atom stereocenters. The number of hydrogen-bond acceptors (Lipinski definition) is 4. The second kappa shape index (κ2) is 13.7. The van der Waals surface area contributed by atoms with Gasteiger partial charge in [0, 0.05) is 24.8 Å². The van der Waals surface area contributed by atoms with E-state index in [9.17, 15) is 9.59 Å². The van der Waals surface area contributed by atoms with Crippen molar-refractivity contribution in [3.63, 3.8) is 0 Å². The summed E-state index contributed by atoms with van der Waals surface area (Å²) in [6.07, 6.45) is 0.458. The lowest BCUT2D eigenvalue weighted by atomic mass is 10.0. The summed E-state index contributed by atoms with van der Waals surface area (Å²) in [5, 5.41) is 3.04. The molecule has 0 bridgehead atoms. The van der Waals surface area contributed by atoms with Crippen molar-refractivity contribution in [3.05, 3.63) is 101 Å². The van der Waals surface area contributed by atoms with Crippen molar-refractivity contribution >= 4 is 23.6 Å². The minimum Gasteiger partial charge on any atom is -0.497 e. The Morgan fingerprint density at radius 2 is 1.58 bits per heavy atom. The number of rotatable bonds is 12. The average molecular weight is 505 g/mol. The maximum Gasteiger partial charge on any atom is 0.243 e. The lowest BCUT2D eigenvalue weighted by molar-refractivity contribution is -0.139. The number of amides is 2. The van der Waals surface area contributed by atoms with Crippen LogP contribution in [-0.4, -0.2) is 41.7 Å². The Kier molecular flexibility index (Phi) is 10.4. The maximum absolute atomic E-state index is 13.7. The predicted molar refractivity (Wildman–Crippen MR) is 148 cm³/mol. The number of methoxy groups -OCH3 is 1. The van der Waals surface area contributed by atoms with Gasteiger partial charge in [-0.25, -0.2) is 0 Å². The first kappa shape index (κ1) is 27.3. The summed E-state index contributed by atoms with van der Waals surface area (Å²) in [4.78, 5) is 28.8. The fraction of sp³-hybridized carbons (Fsp3) is 0.333. The molecule has 0 spiro atoms. The molecule has 3 rings (SSSR count). The molecular weight excluding hydrogens is 468 g/mol. The quantitative estimate of drug-likeness (QED) is 0.359. The van der Waals surface area contributed by atoms with Crippen molar-refractivity contribution in [2.75, 3.05) is 12.9 Å². The molecule has 190 valence electrons. The molecule has 0 heterocycles. The van der Waals surface area contributed by atoms with Crippen LogP contribution in [0.2, 0.25) is 0 Å². The van der Waals surface area contributed by atoms with Gasteiger partial charge in [-0.2, -0.15) is 0 Å². The van der Waals surface area contributed by atoms with Crippen LogP contribution >= 0.6 is 11.8 Å². The molecule has 1 unspecified atom stereocenters. The molecule has 5 nitrogen and oxygen atoms in total. The van der Waals surface area contributed by atoms with Crippen molar-refractivity contribution in [3.8, 4) is 5.75 Å². The Morgan fingerprint density at radius 3 is 2.22 bits per heavy atom. The molecule has 0 fully saturated rings. The van der Waals surface area contributed by atoms with Crippen LogP contribution in [0, 0.1) is 6.92 Å². The number of carbonyl (C=O) groups excluding carboxylic acids is 2. The maximum atomic E-state index is 13.7. The van der Waals surface area contributed by atoms with Crippen molar-refractivity contribution < 1.29 is 14.3 Å². The number of nitrogens with one attached hydrogen (secondary N) is 1. The largest absolute Gasteiger partial charge is 0.497 e. The summed E-state index contributed by atoms with van der Waals surface area (Å²) < 4.78 is 5.23. The van der Waals surface area contributed by atoms with E-state index in [1.54, 1.807) is 23.8 Å². The summed E-state index contributed by atoms with van der Waals surface area (Å²) in [5.74, 6) is 1.63. The third kappa shape index (κ3) is 8.16. The smallest absolute Gasteiger partial charge is 0.243 e. The number of benzene rings is 3. The molecule has 0 aliphatic carbocycles. The minimum atomic E-state index is -0.608. The monoisotopic (exact) mass is 504 g/mol. The Bertz CT molecular complexity index is 1120. The standard InChI is InChI=1S/C30H36N2O3S/c1-22(2)31-30(34)28(18-24-11-6-5-7-12-24)32(19-26-13-9-8-10-23(26)3)29(33)21-36-20-25-14-16-27(35-4)17-15-25/h5-17,22,28H,18-21H2,1-4H3,(H,31,34). The fourth-order valence-electron chi connectivity index (χ4n) is 3.97. The molecule has 0 radical (unpaired) electrons. The summed E-state index contributed by atoms with van der Waals surface area (Å²) in [5.41, 5.74) is 4.29. The highest BCUT2D eigenvalue weighted by Crippen LogP contribution is 2.21. The lowest BCUT2D eigenvalue weighted by Crippen LogP contribution is -2.52. The van der Waals surface area contributed by atoms with E-state index in [-0.39, 0.29) is 23.6 Å². The van der Waals surface area contributed by atoms with Gasteiger partial charge in [-0.15, -0.1) is 11.8 Å². The van der Waals surface area contributed by atoms with Gasteiger partial charge >= 0.3 is 0 Å². The summed E-state index contributed by atoms with van der Waals surface area (Å²) in [6.45, 7) is 6.31. The summed E-state index contributed by atoms with van der Waals surface area (Å²) in [7, 11) is 1.65. The van der Waals surface area contributed by atoms with Gasteiger partial charge in [-0.1, -0.05) is 66.7 Å². The second-order valence-electron chi connectivity index (χ2n) is 9.16. The third-order valence-electron chi connectivity index (χ3n) is 5.96. The average Bonchev–Trinajstić information content (AvgIpc) is 2.87. The Morgan fingerprint density at radius 1 is 0.917 bits per heavy atom. The zero-order chi connectivity index (χ0) is 25.9. The van der Waals surface area contributed by atoms with E-state index >= 15 is 0 Å². The molecule has 1 N–H and O–H groups in total. The van der Waals surface area contributed by atoms with Gasteiger partial charge in [-0.3, -0.25) is 9.59 Å². The predicted octanol–water partition coefficient (Wildman–Crippen LogP) is 5.40. The molecule has 0 aliphatic rings. The van der Waals surface area contributed by atoms with E-state index in [1.807, 2.05) is 99.6 Å².